The van der Waals surface area contributed by atoms with Crippen LogP contribution in [0.4, 0.5) is 0 Å². The highest BCUT2D eigenvalue weighted by Crippen LogP contribution is 2.35. The fraction of sp³-hybridized carbons (Fsp3) is 0.500. The number of hydrogen-bond donors (Lipinski definition) is 1. The lowest BCUT2D eigenvalue weighted by molar-refractivity contribution is 0.0697. The standard InChI is InChI=1S/C18H25NO2/c1-7-12-10-19(11(2)3)16-14(12)8-13(17(20)21)9-15(16)18(4,5)6/h8-11H,7H2,1-6H3,(H,20,21). The molecule has 0 amide bonds. The minimum absolute atomic E-state index is 0.0975. The Morgan fingerprint density at radius 2 is 1.90 bits per heavy atom. The minimum atomic E-state index is -0.859. The van der Waals surface area contributed by atoms with Gasteiger partial charge < -0.3 is 9.67 Å². The van der Waals surface area contributed by atoms with Crippen molar-refractivity contribution in [1.82, 2.24) is 4.57 Å². The van der Waals surface area contributed by atoms with E-state index in [0.29, 0.717) is 11.6 Å². The van der Waals surface area contributed by atoms with Crippen molar-refractivity contribution >= 4 is 16.9 Å². The van der Waals surface area contributed by atoms with Gasteiger partial charge in [-0.3, -0.25) is 0 Å². The highest BCUT2D eigenvalue weighted by molar-refractivity contribution is 5.97. The van der Waals surface area contributed by atoms with Crippen LogP contribution in [0.3, 0.4) is 0 Å². The van der Waals surface area contributed by atoms with E-state index >= 15 is 0 Å². The van der Waals surface area contributed by atoms with Gasteiger partial charge in [0.15, 0.2) is 0 Å². The highest BCUT2D eigenvalue weighted by atomic mass is 16.4. The van der Waals surface area contributed by atoms with Gasteiger partial charge >= 0.3 is 5.97 Å². The molecule has 0 saturated heterocycles. The van der Waals surface area contributed by atoms with Gasteiger partial charge in [-0.15, -0.1) is 0 Å². The van der Waals surface area contributed by atoms with E-state index in [0.717, 1.165) is 17.4 Å². The third-order valence-corrected chi connectivity index (χ3v) is 4.00. The van der Waals surface area contributed by atoms with Crippen LogP contribution < -0.4 is 0 Å². The predicted octanol–water partition coefficient (Wildman–Crippen LogP) is 4.78. The number of carboxylic acid groups (broad SMARTS) is 1. The summed E-state index contributed by atoms with van der Waals surface area (Å²) >= 11 is 0. The fourth-order valence-corrected chi connectivity index (χ4v) is 2.84. The lowest BCUT2D eigenvalue weighted by atomic mass is 9.84. The van der Waals surface area contributed by atoms with Crippen molar-refractivity contribution in [2.24, 2.45) is 0 Å². The number of rotatable bonds is 3. The number of carboxylic acids is 1. The van der Waals surface area contributed by atoms with Crippen LogP contribution in [-0.4, -0.2) is 15.6 Å². The van der Waals surface area contributed by atoms with E-state index in [-0.39, 0.29) is 5.41 Å². The van der Waals surface area contributed by atoms with E-state index in [1.807, 2.05) is 12.1 Å². The number of carbonyl (C=O) groups is 1. The topological polar surface area (TPSA) is 42.2 Å². The average molecular weight is 287 g/mol. The van der Waals surface area contributed by atoms with Crippen LogP contribution >= 0.6 is 0 Å². The molecule has 114 valence electrons. The second kappa shape index (κ2) is 5.21. The summed E-state index contributed by atoms with van der Waals surface area (Å²) in [4.78, 5) is 11.5. The first-order valence-corrected chi connectivity index (χ1v) is 7.58. The zero-order valence-electron chi connectivity index (χ0n) is 13.8. The molecule has 3 nitrogen and oxygen atoms in total. The van der Waals surface area contributed by atoms with Gasteiger partial charge in [0.2, 0.25) is 0 Å². The zero-order chi connectivity index (χ0) is 15.9. The van der Waals surface area contributed by atoms with Gasteiger partial charge in [-0.1, -0.05) is 27.7 Å². The Balaban J connectivity index is 2.96. The Kier molecular flexibility index (Phi) is 3.87. The largest absolute Gasteiger partial charge is 0.478 e. The number of aromatic carboxylic acids is 1. The maximum Gasteiger partial charge on any atom is 0.335 e. The summed E-state index contributed by atoms with van der Waals surface area (Å²) in [7, 11) is 0. The van der Waals surface area contributed by atoms with E-state index in [1.165, 1.54) is 11.1 Å². The third-order valence-electron chi connectivity index (χ3n) is 4.00. The van der Waals surface area contributed by atoms with E-state index in [9.17, 15) is 9.90 Å². The molecule has 21 heavy (non-hydrogen) atoms. The normalized spacial score (nSPS) is 12.3. The molecule has 1 N–H and O–H groups in total. The summed E-state index contributed by atoms with van der Waals surface area (Å²) in [6.45, 7) is 12.8. The van der Waals surface area contributed by atoms with Gasteiger partial charge in [0.1, 0.15) is 0 Å². The van der Waals surface area contributed by atoms with Crippen LogP contribution in [0.25, 0.3) is 10.9 Å². The third kappa shape index (κ3) is 2.69. The molecular weight excluding hydrogens is 262 g/mol. The quantitative estimate of drug-likeness (QED) is 0.882. The van der Waals surface area contributed by atoms with E-state index < -0.39 is 5.97 Å². The molecule has 0 aliphatic rings. The number of aromatic nitrogens is 1. The van der Waals surface area contributed by atoms with Crippen LogP contribution in [0, 0.1) is 0 Å². The number of nitrogens with zero attached hydrogens (tertiary/aromatic N) is 1. The number of benzene rings is 1. The number of hydrogen-bond acceptors (Lipinski definition) is 1. The van der Waals surface area contributed by atoms with Crippen molar-refractivity contribution in [2.45, 2.75) is 59.4 Å². The summed E-state index contributed by atoms with van der Waals surface area (Å²) in [6, 6.07) is 4.01. The van der Waals surface area contributed by atoms with Gasteiger partial charge in [0.25, 0.3) is 0 Å². The molecule has 0 spiro atoms. The Hall–Kier alpha value is -1.77. The first-order chi connectivity index (χ1) is 9.66. The van der Waals surface area contributed by atoms with Gasteiger partial charge in [0.05, 0.1) is 11.1 Å². The Morgan fingerprint density at radius 1 is 1.29 bits per heavy atom. The van der Waals surface area contributed by atoms with Gasteiger partial charge in [-0.2, -0.15) is 0 Å². The summed E-state index contributed by atoms with van der Waals surface area (Å²) in [5.74, 6) is -0.859. The first kappa shape index (κ1) is 15.6. The van der Waals surface area contributed by atoms with Crippen molar-refractivity contribution in [3.05, 3.63) is 35.0 Å². The van der Waals surface area contributed by atoms with Crippen molar-refractivity contribution in [1.29, 1.82) is 0 Å². The Bertz CT molecular complexity index is 687. The lowest BCUT2D eigenvalue weighted by Crippen LogP contribution is -2.15. The molecule has 2 aromatic rings. The van der Waals surface area contributed by atoms with E-state index in [1.54, 1.807) is 0 Å². The molecular formula is C18H25NO2. The Morgan fingerprint density at radius 3 is 2.33 bits per heavy atom. The number of aryl methyl sites for hydroxylation is 1. The van der Waals surface area contributed by atoms with Crippen molar-refractivity contribution < 1.29 is 9.90 Å². The highest BCUT2D eigenvalue weighted by Gasteiger charge is 2.24. The van der Waals surface area contributed by atoms with Crippen LogP contribution in [0.2, 0.25) is 0 Å². The molecule has 2 rings (SSSR count). The van der Waals surface area contributed by atoms with Gasteiger partial charge in [0, 0.05) is 17.6 Å². The molecule has 1 aromatic carbocycles. The molecule has 0 aliphatic carbocycles. The van der Waals surface area contributed by atoms with Crippen molar-refractivity contribution in [2.75, 3.05) is 0 Å². The Labute approximate surface area is 126 Å². The van der Waals surface area contributed by atoms with Crippen LogP contribution in [0.5, 0.6) is 0 Å². The minimum Gasteiger partial charge on any atom is -0.478 e. The number of fused-ring (bicyclic) bond motifs is 1. The van der Waals surface area contributed by atoms with E-state index in [4.69, 9.17) is 0 Å². The average Bonchev–Trinajstić information content (AvgIpc) is 2.74. The summed E-state index contributed by atoms with van der Waals surface area (Å²) in [5, 5.41) is 10.5. The van der Waals surface area contributed by atoms with Gasteiger partial charge in [-0.05, 0) is 48.9 Å². The van der Waals surface area contributed by atoms with Crippen LogP contribution in [0.1, 0.15) is 69.1 Å². The zero-order valence-corrected chi connectivity index (χ0v) is 13.8. The monoisotopic (exact) mass is 287 g/mol. The molecule has 0 fully saturated rings. The van der Waals surface area contributed by atoms with Gasteiger partial charge in [-0.25, -0.2) is 4.79 Å². The van der Waals surface area contributed by atoms with Crippen molar-refractivity contribution in [3.8, 4) is 0 Å². The molecule has 1 heterocycles. The summed E-state index contributed by atoms with van der Waals surface area (Å²) in [6.07, 6.45) is 3.08. The molecule has 3 heteroatoms. The summed E-state index contributed by atoms with van der Waals surface area (Å²) < 4.78 is 2.28. The molecule has 0 saturated carbocycles. The molecule has 0 aliphatic heterocycles. The summed E-state index contributed by atoms with van der Waals surface area (Å²) in [5.41, 5.74) is 3.78. The van der Waals surface area contributed by atoms with Crippen LogP contribution in [0.15, 0.2) is 18.3 Å². The second-order valence-electron chi connectivity index (χ2n) is 6.98. The molecule has 0 unspecified atom stereocenters. The smallest absolute Gasteiger partial charge is 0.335 e. The molecule has 0 bridgehead atoms. The second-order valence-corrected chi connectivity index (χ2v) is 6.98. The molecule has 0 atom stereocenters. The molecule has 1 aromatic heterocycles. The fourth-order valence-electron chi connectivity index (χ4n) is 2.84. The maximum atomic E-state index is 11.5. The molecule has 0 radical (unpaired) electrons. The van der Waals surface area contributed by atoms with Crippen LogP contribution in [-0.2, 0) is 11.8 Å². The first-order valence-electron chi connectivity index (χ1n) is 7.58. The predicted molar refractivity (Wildman–Crippen MR) is 87.4 cm³/mol. The van der Waals surface area contributed by atoms with E-state index in [2.05, 4.69) is 52.3 Å². The van der Waals surface area contributed by atoms with Crippen molar-refractivity contribution in [3.63, 3.8) is 0 Å². The SMILES string of the molecule is CCc1cn(C(C)C)c2c(C(C)(C)C)cc(C(=O)O)cc12. The maximum absolute atomic E-state index is 11.5. The lowest BCUT2D eigenvalue weighted by Gasteiger charge is -2.23.